The number of thioether (sulfide) groups is 1. The van der Waals surface area contributed by atoms with Gasteiger partial charge >= 0.3 is 5.97 Å². The maximum atomic E-state index is 13.0. The van der Waals surface area contributed by atoms with Gasteiger partial charge in [0.05, 0.1) is 5.56 Å². The second-order valence-corrected chi connectivity index (χ2v) is 7.57. The van der Waals surface area contributed by atoms with E-state index in [1.165, 1.54) is 11.8 Å². The summed E-state index contributed by atoms with van der Waals surface area (Å²) >= 11 is 13.3. The molecule has 0 saturated carbocycles. The molecule has 0 aliphatic heterocycles. The van der Waals surface area contributed by atoms with Gasteiger partial charge in [-0.2, -0.15) is 0 Å². The lowest BCUT2D eigenvalue weighted by Gasteiger charge is -2.19. The van der Waals surface area contributed by atoms with Gasteiger partial charge in [-0.1, -0.05) is 53.5 Å². The van der Waals surface area contributed by atoms with Crippen molar-refractivity contribution in [2.45, 2.75) is 11.1 Å². The van der Waals surface area contributed by atoms with Gasteiger partial charge in [-0.05, 0) is 36.6 Å². The van der Waals surface area contributed by atoms with Crippen LogP contribution in [0.25, 0.3) is 0 Å². The fraction of sp³-hybridized carbons (Fsp3) is 0.0952. The van der Waals surface area contributed by atoms with Crippen LogP contribution in [0.15, 0.2) is 71.9 Å². The molecule has 0 fully saturated rings. The molecule has 1 N–H and O–H groups in total. The van der Waals surface area contributed by atoms with E-state index < -0.39 is 18.0 Å². The number of amides is 1. The molecule has 0 aliphatic rings. The third-order valence-corrected chi connectivity index (χ3v) is 5.03. The number of halogens is 2. The molecule has 0 spiro atoms. The zero-order valence-electron chi connectivity index (χ0n) is 15.3. The summed E-state index contributed by atoms with van der Waals surface area (Å²) in [5.74, 6) is -1.17. The van der Waals surface area contributed by atoms with Gasteiger partial charge in [0.15, 0.2) is 0 Å². The van der Waals surface area contributed by atoms with Gasteiger partial charge in [-0.3, -0.25) is 4.79 Å². The quantitative estimate of drug-likeness (QED) is 0.391. The Morgan fingerprint density at radius 1 is 1.03 bits per heavy atom. The van der Waals surface area contributed by atoms with Crippen LogP contribution in [0.3, 0.4) is 0 Å². The Morgan fingerprint density at radius 2 is 1.72 bits per heavy atom. The summed E-state index contributed by atoms with van der Waals surface area (Å²) in [4.78, 5) is 29.9. The molecule has 2 aromatic carbocycles. The molecular formula is C21H16Cl2N2O3S. The molecule has 29 heavy (non-hydrogen) atoms. The summed E-state index contributed by atoms with van der Waals surface area (Å²) in [6.07, 6.45) is 2.23. The second-order valence-electron chi connectivity index (χ2n) is 5.90. The number of rotatable bonds is 6. The fourth-order valence-corrected chi connectivity index (χ4v) is 3.68. The van der Waals surface area contributed by atoms with Crippen molar-refractivity contribution in [3.63, 3.8) is 0 Å². The highest BCUT2D eigenvalue weighted by molar-refractivity contribution is 7.98. The first kappa shape index (κ1) is 21.2. The van der Waals surface area contributed by atoms with Crippen LogP contribution in [0.4, 0.5) is 5.69 Å². The minimum atomic E-state index is -1.17. The lowest BCUT2D eigenvalue weighted by Crippen LogP contribution is -2.26. The summed E-state index contributed by atoms with van der Waals surface area (Å²) in [6, 6.07) is 16.7. The SMILES string of the molecule is CSc1ncccc1C(=O)O[C@@H](C(=O)Nc1cc(Cl)cc(Cl)c1)c1ccccc1. The van der Waals surface area contributed by atoms with E-state index in [1.807, 2.05) is 12.3 Å². The van der Waals surface area contributed by atoms with Gasteiger partial charge in [0.2, 0.25) is 6.10 Å². The van der Waals surface area contributed by atoms with Crippen LogP contribution in [0.2, 0.25) is 10.0 Å². The summed E-state index contributed by atoms with van der Waals surface area (Å²) < 4.78 is 5.59. The molecule has 1 heterocycles. The van der Waals surface area contributed by atoms with Gasteiger partial charge in [0.25, 0.3) is 5.91 Å². The summed E-state index contributed by atoms with van der Waals surface area (Å²) in [5.41, 5.74) is 1.22. The van der Waals surface area contributed by atoms with Crippen molar-refractivity contribution in [2.75, 3.05) is 11.6 Å². The van der Waals surface area contributed by atoms with Gasteiger partial charge in [-0.15, -0.1) is 11.8 Å². The van der Waals surface area contributed by atoms with Crippen molar-refractivity contribution >= 4 is 52.5 Å². The third kappa shape index (κ3) is 5.50. The molecule has 3 aromatic rings. The molecule has 8 heteroatoms. The van der Waals surface area contributed by atoms with E-state index in [1.54, 1.807) is 60.8 Å². The van der Waals surface area contributed by atoms with Crippen molar-refractivity contribution in [3.05, 3.63) is 88.0 Å². The number of carbonyl (C=O) groups excluding carboxylic acids is 2. The third-order valence-electron chi connectivity index (χ3n) is 3.88. The zero-order chi connectivity index (χ0) is 20.8. The van der Waals surface area contributed by atoms with Crippen LogP contribution < -0.4 is 5.32 Å². The summed E-state index contributed by atoms with van der Waals surface area (Å²) in [7, 11) is 0. The lowest BCUT2D eigenvalue weighted by atomic mass is 10.1. The molecule has 3 rings (SSSR count). The van der Waals surface area contributed by atoms with Crippen LogP contribution in [0.5, 0.6) is 0 Å². The van der Waals surface area contributed by atoms with E-state index in [0.717, 1.165) is 0 Å². The fourth-order valence-electron chi connectivity index (χ4n) is 2.61. The van der Waals surface area contributed by atoms with Gasteiger partial charge in [0.1, 0.15) is 5.03 Å². The molecule has 0 saturated heterocycles. The number of carbonyl (C=O) groups is 2. The molecule has 0 bridgehead atoms. The smallest absolute Gasteiger partial charge is 0.342 e. The largest absolute Gasteiger partial charge is 0.444 e. The number of nitrogens with zero attached hydrogens (tertiary/aromatic N) is 1. The number of anilines is 1. The highest BCUT2D eigenvalue weighted by Crippen LogP contribution is 2.27. The molecule has 5 nitrogen and oxygen atoms in total. The van der Waals surface area contributed by atoms with Crippen LogP contribution in [0.1, 0.15) is 22.0 Å². The number of aromatic nitrogens is 1. The standard InChI is InChI=1S/C21H16Cl2N2O3S/c1-29-20-17(8-5-9-24-20)21(27)28-18(13-6-3-2-4-7-13)19(26)25-16-11-14(22)10-15(23)12-16/h2-12,18H,1H3,(H,25,26)/t18-/m1/s1. The maximum absolute atomic E-state index is 13.0. The molecule has 1 aromatic heterocycles. The lowest BCUT2D eigenvalue weighted by molar-refractivity contribution is -0.125. The predicted octanol–water partition coefficient (Wildman–Crippen LogP) is 5.65. The predicted molar refractivity (Wildman–Crippen MR) is 116 cm³/mol. The first-order valence-corrected chi connectivity index (χ1v) is 10.5. The molecular weight excluding hydrogens is 431 g/mol. The molecule has 0 unspecified atom stereocenters. The second kappa shape index (κ2) is 9.78. The average Bonchev–Trinajstić information content (AvgIpc) is 2.71. The Morgan fingerprint density at radius 3 is 2.38 bits per heavy atom. The van der Waals surface area contributed by atoms with E-state index in [2.05, 4.69) is 10.3 Å². The maximum Gasteiger partial charge on any atom is 0.342 e. The minimum Gasteiger partial charge on any atom is -0.444 e. The van der Waals surface area contributed by atoms with E-state index in [9.17, 15) is 9.59 Å². The highest BCUT2D eigenvalue weighted by atomic mass is 35.5. The summed E-state index contributed by atoms with van der Waals surface area (Å²) in [6.45, 7) is 0. The number of ether oxygens (including phenoxy) is 1. The number of hydrogen-bond acceptors (Lipinski definition) is 5. The van der Waals surface area contributed by atoms with Crippen LogP contribution in [-0.4, -0.2) is 23.1 Å². The topological polar surface area (TPSA) is 68.3 Å². The molecule has 148 valence electrons. The Labute approximate surface area is 182 Å². The Bertz CT molecular complexity index is 1010. The van der Waals surface area contributed by atoms with E-state index >= 15 is 0 Å². The zero-order valence-corrected chi connectivity index (χ0v) is 17.6. The van der Waals surface area contributed by atoms with E-state index in [4.69, 9.17) is 27.9 Å². The summed E-state index contributed by atoms with van der Waals surface area (Å²) in [5, 5.41) is 3.97. The molecule has 0 aliphatic carbocycles. The normalized spacial score (nSPS) is 11.6. The first-order chi connectivity index (χ1) is 14.0. The Kier molecular flexibility index (Phi) is 7.14. The minimum absolute atomic E-state index is 0.291. The average molecular weight is 447 g/mol. The Balaban J connectivity index is 1.88. The van der Waals surface area contributed by atoms with Crippen molar-refractivity contribution in [2.24, 2.45) is 0 Å². The molecule has 1 atom stereocenters. The number of esters is 1. The van der Waals surface area contributed by atoms with E-state index in [-0.39, 0.29) is 0 Å². The van der Waals surface area contributed by atoms with Gasteiger partial charge in [-0.25, -0.2) is 9.78 Å². The van der Waals surface area contributed by atoms with Crippen molar-refractivity contribution in [1.82, 2.24) is 4.98 Å². The van der Waals surface area contributed by atoms with Crippen molar-refractivity contribution < 1.29 is 14.3 Å². The van der Waals surface area contributed by atoms with Crippen LogP contribution in [-0.2, 0) is 9.53 Å². The van der Waals surface area contributed by atoms with Gasteiger partial charge in [0, 0.05) is 27.5 Å². The van der Waals surface area contributed by atoms with E-state index in [0.29, 0.717) is 31.9 Å². The number of benzene rings is 2. The van der Waals surface area contributed by atoms with Crippen LogP contribution in [0, 0.1) is 0 Å². The number of hydrogen-bond donors (Lipinski definition) is 1. The number of pyridine rings is 1. The van der Waals surface area contributed by atoms with Crippen LogP contribution >= 0.6 is 35.0 Å². The highest BCUT2D eigenvalue weighted by Gasteiger charge is 2.27. The molecule has 0 radical (unpaired) electrons. The van der Waals surface area contributed by atoms with Crippen molar-refractivity contribution in [3.8, 4) is 0 Å². The van der Waals surface area contributed by atoms with Gasteiger partial charge < -0.3 is 10.1 Å². The molecule has 1 amide bonds. The first-order valence-electron chi connectivity index (χ1n) is 8.50. The Hall–Kier alpha value is -2.54. The van der Waals surface area contributed by atoms with Crippen molar-refractivity contribution in [1.29, 1.82) is 0 Å². The number of nitrogens with one attached hydrogen (secondary N) is 1. The monoisotopic (exact) mass is 446 g/mol.